The van der Waals surface area contributed by atoms with Crippen molar-refractivity contribution in [3.63, 3.8) is 0 Å². The summed E-state index contributed by atoms with van der Waals surface area (Å²) in [5, 5.41) is 0. The average Bonchev–Trinajstić information content (AvgIpc) is 2.75. The summed E-state index contributed by atoms with van der Waals surface area (Å²) in [6.07, 6.45) is 13.2. The maximum Gasteiger partial charge on any atom is 0.158 e. The first-order valence-corrected chi connectivity index (χ1v) is 11.6. The van der Waals surface area contributed by atoms with E-state index in [1.807, 2.05) is 24.3 Å². The Morgan fingerprint density at radius 2 is 1.59 bits per heavy atom. The highest BCUT2D eigenvalue weighted by Gasteiger charge is 2.16. The highest BCUT2D eigenvalue weighted by atomic mass is 79.9. The fourth-order valence-corrected chi connectivity index (χ4v) is 3.56. The lowest BCUT2D eigenvalue weighted by Gasteiger charge is -2.23. The third-order valence-electron chi connectivity index (χ3n) is 4.76. The van der Waals surface area contributed by atoms with Crippen molar-refractivity contribution < 1.29 is 18.9 Å². The topological polar surface area (TPSA) is 36.9 Å². The first kappa shape index (κ1) is 24.0. The van der Waals surface area contributed by atoms with Gasteiger partial charge < -0.3 is 18.9 Å². The number of halogens is 1. The predicted octanol–water partition coefficient (Wildman–Crippen LogP) is 6.96. The van der Waals surface area contributed by atoms with Crippen LogP contribution in [0.3, 0.4) is 0 Å². The maximum absolute atomic E-state index is 6.04. The molecular formula is C24H35BrO4. The molecule has 0 aliphatic carbocycles. The molecule has 29 heavy (non-hydrogen) atoms. The lowest BCUT2D eigenvalue weighted by atomic mass is 10.2. The van der Waals surface area contributed by atoms with Crippen molar-refractivity contribution in [2.24, 2.45) is 0 Å². The van der Waals surface area contributed by atoms with Gasteiger partial charge in [0, 0.05) is 6.61 Å². The number of hydrogen-bond donors (Lipinski definition) is 0. The van der Waals surface area contributed by atoms with Crippen LogP contribution in [0, 0.1) is 0 Å². The summed E-state index contributed by atoms with van der Waals surface area (Å²) in [5.41, 5.74) is 1.03. The normalized spacial score (nSPS) is 16.4. The molecule has 0 bridgehead atoms. The van der Waals surface area contributed by atoms with Gasteiger partial charge in [0.05, 0.1) is 19.8 Å². The first-order chi connectivity index (χ1) is 14.2. The van der Waals surface area contributed by atoms with Crippen molar-refractivity contribution in [1.82, 2.24) is 0 Å². The first-order valence-electron chi connectivity index (χ1n) is 10.8. The summed E-state index contributed by atoms with van der Waals surface area (Å²) in [6.45, 7) is 10.1. The molecular weight excluding hydrogens is 432 g/mol. The molecule has 2 rings (SSSR count). The molecule has 1 fully saturated rings. The predicted molar refractivity (Wildman–Crippen MR) is 122 cm³/mol. The van der Waals surface area contributed by atoms with E-state index in [0.717, 1.165) is 85.9 Å². The van der Waals surface area contributed by atoms with Crippen LogP contribution in [0.2, 0.25) is 0 Å². The van der Waals surface area contributed by atoms with Gasteiger partial charge in [-0.25, -0.2) is 0 Å². The lowest BCUT2D eigenvalue weighted by molar-refractivity contribution is -0.168. The Kier molecular flexibility index (Phi) is 12.1. The molecule has 1 atom stereocenters. The van der Waals surface area contributed by atoms with E-state index in [2.05, 4.69) is 29.1 Å². The maximum atomic E-state index is 6.04. The van der Waals surface area contributed by atoms with Crippen molar-refractivity contribution in [3.8, 4) is 11.5 Å². The summed E-state index contributed by atoms with van der Waals surface area (Å²) >= 11 is 3.66. The molecule has 0 N–H and O–H groups in total. The third kappa shape index (κ3) is 9.37. The number of unbranched alkanes of at least 4 members (excludes halogenated alkanes) is 4. The van der Waals surface area contributed by atoms with E-state index in [-0.39, 0.29) is 6.29 Å². The van der Waals surface area contributed by atoms with Crippen LogP contribution >= 0.6 is 15.9 Å². The Morgan fingerprint density at radius 1 is 0.966 bits per heavy atom. The second-order valence-electron chi connectivity index (χ2n) is 7.28. The molecule has 162 valence electrons. The molecule has 0 spiro atoms. The summed E-state index contributed by atoms with van der Waals surface area (Å²) in [4.78, 5) is 0. The van der Waals surface area contributed by atoms with Crippen molar-refractivity contribution in [2.75, 3.05) is 19.8 Å². The molecule has 0 radical (unpaired) electrons. The molecule has 0 aromatic heterocycles. The minimum absolute atomic E-state index is 0.112. The zero-order valence-corrected chi connectivity index (χ0v) is 19.1. The monoisotopic (exact) mass is 466 g/mol. The third-order valence-corrected chi connectivity index (χ3v) is 5.54. The number of ether oxygens (including phenoxy) is 4. The Bertz CT molecular complexity index is 572. The van der Waals surface area contributed by atoms with E-state index in [4.69, 9.17) is 18.9 Å². The second kappa shape index (κ2) is 14.6. The zero-order valence-electron chi connectivity index (χ0n) is 17.5. The summed E-state index contributed by atoms with van der Waals surface area (Å²) in [6, 6.07) is 4.07. The quantitative estimate of drug-likeness (QED) is 0.206. The SMILES string of the molecule is C=CCCCCOc1cc(COC2CCCCO2)cc(OCCCCC=C)c1Br. The van der Waals surface area contributed by atoms with E-state index in [1.165, 1.54) is 0 Å². The van der Waals surface area contributed by atoms with E-state index in [0.29, 0.717) is 19.8 Å². The summed E-state index contributed by atoms with van der Waals surface area (Å²) in [5.74, 6) is 1.60. The Labute approximate surface area is 184 Å². The molecule has 1 heterocycles. The van der Waals surface area contributed by atoms with Gasteiger partial charge in [-0.15, -0.1) is 13.2 Å². The van der Waals surface area contributed by atoms with Crippen molar-refractivity contribution in [1.29, 1.82) is 0 Å². The summed E-state index contributed by atoms with van der Waals surface area (Å²) in [7, 11) is 0. The molecule has 1 aliphatic heterocycles. The molecule has 0 amide bonds. The van der Waals surface area contributed by atoms with Gasteiger partial charge in [-0.2, -0.15) is 0 Å². The van der Waals surface area contributed by atoms with Gasteiger partial charge in [0.15, 0.2) is 6.29 Å². The minimum Gasteiger partial charge on any atom is -0.492 e. The fourth-order valence-electron chi connectivity index (χ4n) is 3.10. The van der Waals surface area contributed by atoms with Gasteiger partial charge in [0.1, 0.15) is 16.0 Å². The van der Waals surface area contributed by atoms with Crippen LogP contribution in [0.1, 0.15) is 63.4 Å². The van der Waals surface area contributed by atoms with Crippen LogP contribution in [0.4, 0.5) is 0 Å². The van der Waals surface area contributed by atoms with E-state index in [1.54, 1.807) is 0 Å². The number of hydrogen-bond acceptors (Lipinski definition) is 4. The van der Waals surface area contributed by atoms with Gasteiger partial charge in [-0.05, 0) is 91.4 Å². The van der Waals surface area contributed by atoms with Crippen LogP contribution in [0.15, 0.2) is 41.9 Å². The number of rotatable bonds is 15. The van der Waals surface area contributed by atoms with Crippen molar-refractivity contribution >= 4 is 15.9 Å². The van der Waals surface area contributed by atoms with Crippen LogP contribution in [0.5, 0.6) is 11.5 Å². The van der Waals surface area contributed by atoms with Crippen LogP contribution in [-0.4, -0.2) is 26.1 Å². The standard InChI is InChI=1S/C24H35BrO4/c1-3-5-7-10-14-26-21-17-20(19-29-23-13-9-12-16-28-23)18-22(24(21)25)27-15-11-8-6-4-2/h3-4,17-18,23H,1-2,5-16,19H2. The lowest BCUT2D eigenvalue weighted by Crippen LogP contribution is -2.22. The van der Waals surface area contributed by atoms with Gasteiger partial charge in [-0.3, -0.25) is 0 Å². The van der Waals surface area contributed by atoms with E-state index < -0.39 is 0 Å². The average molecular weight is 467 g/mol. The smallest absolute Gasteiger partial charge is 0.158 e. The molecule has 0 saturated carbocycles. The minimum atomic E-state index is -0.112. The second-order valence-corrected chi connectivity index (χ2v) is 8.07. The molecule has 1 unspecified atom stereocenters. The Hall–Kier alpha value is -1.30. The van der Waals surface area contributed by atoms with E-state index >= 15 is 0 Å². The highest BCUT2D eigenvalue weighted by molar-refractivity contribution is 9.10. The van der Waals surface area contributed by atoms with Crippen molar-refractivity contribution in [2.45, 2.75) is 70.7 Å². The van der Waals surface area contributed by atoms with Gasteiger partial charge >= 0.3 is 0 Å². The molecule has 1 aromatic rings. The largest absolute Gasteiger partial charge is 0.492 e. The Balaban J connectivity index is 1.98. The number of benzene rings is 1. The van der Waals surface area contributed by atoms with Crippen LogP contribution in [-0.2, 0) is 16.1 Å². The van der Waals surface area contributed by atoms with Gasteiger partial charge in [0.2, 0.25) is 0 Å². The molecule has 1 aliphatic rings. The fraction of sp³-hybridized carbons (Fsp3) is 0.583. The van der Waals surface area contributed by atoms with Gasteiger partial charge in [0.25, 0.3) is 0 Å². The Morgan fingerprint density at radius 3 is 2.10 bits per heavy atom. The van der Waals surface area contributed by atoms with Gasteiger partial charge in [-0.1, -0.05) is 12.2 Å². The van der Waals surface area contributed by atoms with E-state index in [9.17, 15) is 0 Å². The van der Waals surface area contributed by atoms with Crippen LogP contribution < -0.4 is 9.47 Å². The summed E-state index contributed by atoms with van der Waals surface area (Å²) < 4.78 is 24.6. The zero-order chi connectivity index (χ0) is 20.7. The molecule has 1 aromatic carbocycles. The molecule has 5 heteroatoms. The molecule has 1 saturated heterocycles. The van der Waals surface area contributed by atoms with Crippen molar-refractivity contribution in [3.05, 3.63) is 47.5 Å². The molecule has 4 nitrogen and oxygen atoms in total. The van der Waals surface area contributed by atoms with Crippen LogP contribution in [0.25, 0.3) is 0 Å². The number of allylic oxidation sites excluding steroid dienone is 2. The highest BCUT2D eigenvalue weighted by Crippen LogP contribution is 2.37.